The molecule has 1 aromatic carbocycles. The van der Waals surface area contributed by atoms with E-state index in [4.69, 9.17) is 9.84 Å². The average molecular weight is 478 g/mol. The normalized spacial score (nSPS) is 12.0. The first kappa shape index (κ1) is 30.4. The number of hydrogen-bond acceptors (Lipinski definition) is 5. The summed E-state index contributed by atoms with van der Waals surface area (Å²) in [4.78, 5) is 11.9. The van der Waals surface area contributed by atoms with Crippen molar-refractivity contribution in [2.75, 3.05) is 25.1 Å². The third-order valence-electron chi connectivity index (χ3n) is 6.35. The summed E-state index contributed by atoms with van der Waals surface area (Å²) in [6, 6.07) is 7.16. The van der Waals surface area contributed by atoms with E-state index in [0.717, 1.165) is 18.7 Å². The number of benzene rings is 1. The van der Waals surface area contributed by atoms with E-state index in [1.54, 1.807) is 12.1 Å². The van der Waals surface area contributed by atoms with Crippen molar-refractivity contribution in [3.8, 4) is 0 Å². The van der Waals surface area contributed by atoms with E-state index in [0.29, 0.717) is 5.56 Å². The molecule has 0 saturated heterocycles. The molecule has 196 valence electrons. The fourth-order valence-corrected chi connectivity index (χ4v) is 4.11. The molecule has 3 N–H and O–H groups in total. The third-order valence-corrected chi connectivity index (χ3v) is 6.35. The van der Waals surface area contributed by atoms with Crippen LogP contribution in [0, 0.1) is 0 Å². The Morgan fingerprint density at radius 3 is 1.65 bits per heavy atom. The maximum atomic E-state index is 11.9. The molecule has 1 rings (SSSR count). The number of aliphatic hydroxyl groups is 2. The van der Waals surface area contributed by atoms with Crippen molar-refractivity contribution in [3.05, 3.63) is 29.8 Å². The predicted octanol–water partition coefficient (Wildman–Crippen LogP) is 7.26. The van der Waals surface area contributed by atoms with E-state index in [2.05, 4.69) is 12.2 Å². The van der Waals surface area contributed by atoms with Crippen LogP contribution < -0.4 is 5.32 Å². The highest BCUT2D eigenvalue weighted by atomic mass is 16.5. The van der Waals surface area contributed by atoms with Gasteiger partial charge in [-0.1, -0.05) is 110 Å². The van der Waals surface area contributed by atoms with Crippen molar-refractivity contribution in [1.29, 1.82) is 0 Å². The fraction of sp³-hybridized carbons (Fsp3) is 0.759. The van der Waals surface area contributed by atoms with Crippen LogP contribution in [-0.4, -0.2) is 42.0 Å². The topological polar surface area (TPSA) is 78.8 Å². The zero-order valence-electron chi connectivity index (χ0n) is 21.7. The van der Waals surface area contributed by atoms with Gasteiger partial charge in [0.15, 0.2) is 0 Å². The number of carbonyl (C=O) groups excluding carboxylic acids is 1. The lowest BCUT2D eigenvalue weighted by atomic mass is 10.0. The molecule has 0 aromatic heterocycles. The molecule has 34 heavy (non-hydrogen) atoms. The highest BCUT2D eigenvalue weighted by Gasteiger charge is 2.10. The van der Waals surface area contributed by atoms with Crippen LogP contribution in [0.1, 0.15) is 126 Å². The van der Waals surface area contributed by atoms with Crippen molar-refractivity contribution in [2.24, 2.45) is 0 Å². The molecular formula is C29H51NO4. The van der Waals surface area contributed by atoms with E-state index in [1.165, 1.54) is 103 Å². The summed E-state index contributed by atoms with van der Waals surface area (Å²) in [6.45, 7) is 2.60. The molecule has 0 radical (unpaired) electrons. The highest BCUT2D eigenvalue weighted by Crippen LogP contribution is 2.15. The zero-order valence-corrected chi connectivity index (χ0v) is 21.7. The van der Waals surface area contributed by atoms with Gasteiger partial charge in [-0.15, -0.1) is 0 Å². The third kappa shape index (κ3) is 16.9. The Labute approximate surface area is 208 Å². The molecule has 0 aliphatic carbocycles. The molecule has 0 bridgehead atoms. The molecule has 0 saturated carbocycles. The summed E-state index contributed by atoms with van der Waals surface area (Å²) in [5.74, 6) is -0.493. The Hall–Kier alpha value is -1.59. The Kier molecular flexibility index (Phi) is 19.6. The standard InChI is InChI=1S/C29H51NO4/c1-2-3-4-5-6-7-8-9-10-11-12-13-14-15-16-17-18-23-30-27-21-19-26(20-22-27)29(33)34-25-28(32)24-31/h19-22,28,30-32H,2-18,23-25H2,1H3. The molecule has 0 aliphatic rings. The second-order valence-corrected chi connectivity index (χ2v) is 9.60. The summed E-state index contributed by atoms with van der Waals surface area (Å²) < 4.78 is 4.95. The Morgan fingerprint density at radius 1 is 0.765 bits per heavy atom. The molecule has 1 unspecified atom stereocenters. The molecule has 1 atom stereocenters. The van der Waals surface area contributed by atoms with Crippen LogP contribution in [0.4, 0.5) is 5.69 Å². The summed E-state index contributed by atoms with van der Waals surface area (Å²) in [5.41, 5.74) is 1.43. The highest BCUT2D eigenvalue weighted by molar-refractivity contribution is 5.89. The predicted molar refractivity (Wildman–Crippen MR) is 142 cm³/mol. The number of hydrogen-bond donors (Lipinski definition) is 3. The number of aliphatic hydroxyl groups excluding tert-OH is 2. The first-order chi connectivity index (χ1) is 16.7. The number of carbonyl (C=O) groups is 1. The van der Waals surface area contributed by atoms with E-state index in [9.17, 15) is 9.90 Å². The lowest BCUT2D eigenvalue weighted by Gasteiger charge is -2.10. The number of ether oxygens (including phenoxy) is 1. The lowest BCUT2D eigenvalue weighted by Crippen LogP contribution is -2.21. The summed E-state index contributed by atoms with van der Waals surface area (Å²) in [5, 5.41) is 21.4. The molecule has 0 fully saturated rings. The van der Waals surface area contributed by atoms with Crippen molar-refractivity contribution < 1.29 is 19.7 Å². The zero-order chi connectivity index (χ0) is 24.7. The number of nitrogens with one attached hydrogen (secondary N) is 1. The first-order valence-corrected chi connectivity index (χ1v) is 14.0. The second-order valence-electron chi connectivity index (χ2n) is 9.60. The van der Waals surface area contributed by atoms with Crippen LogP contribution in [0.2, 0.25) is 0 Å². The van der Waals surface area contributed by atoms with Crippen molar-refractivity contribution in [2.45, 2.75) is 122 Å². The van der Waals surface area contributed by atoms with Gasteiger partial charge in [0, 0.05) is 12.2 Å². The minimum absolute atomic E-state index is 0.200. The smallest absolute Gasteiger partial charge is 0.338 e. The van der Waals surface area contributed by atoms with Crippen LogP contribution in [0.3, 0.4) is 0 Å². The maximum Gasteiger partial charge on any atom is 0.338 e. The van der Waals surface area contributed by atoms with Crippen LogP contribution in [-0.2, 0) is 4.74 Å². The van der Waals surface area contributed by atoms with Gasteiger partial charge in [-0.2, -0.15) is 0 Å². The van der Waals surface area contributed by atoms with Crippen molar-refractivity contribution in [1.82, 2.24) is 0 Å². The van der Waals surface area contributed by atoms with Gasteiger partial charge in [0.1, 0.15) is 12.7 Å². The summed E-state index contributed by atoms with van der Waals surface area (Å²) in [6.07, 6.45) is 22.4. The molecule has 0 amide bonds. The Bertz CT molecular complexity index is 590. The Balaban J connectivity index is 1.88. The van der Waals surface area contributed by atoms with Gasteiger partial charge >= 0.3 is 5.97 Å². The van der Waals surface area contributed by atoms with Crippen LogP contribution in [0.25, 0.3) is 0 Å². The molecule has 0 aliphatic heterocycles. The lowest BCUT2D eigenvalue weighted by molar-refractivity contribution is 0.00933. The van der Waals surface area contributed by atoms with Crippen LogP contribution >= 0.6 is 0 Å². The molecule has 1 aromatic rings. The van der Waals surface area contributed by atoms with E-state index in [1.807, 2.05) is 12.1 Å². The summed E-state index contributed by atoms with van der Waals surface area (Å²) in [7, 11) is 0. The summed E-state index contributed by atoms with van der Waals surface area (Å²) >= 11 is 0. The van der Waals surface area contributed by atoms with E-state index < -0.39 is 18.7 Å². The fourth-order valence-electron chi connectivity index (χ4n) is 4.11. The largest absolute Gasteiger partial charge is 0.459 e. The Morgan fingerprint density at radius 2 is 1.21 bits per heavy atom. The van der Waals surface area contributed by atoms with E-state index in [-0.39, 0.29) is 6.61 Å². The number of rotatable bonds is 23. The quantitative estimate of drug-likeness (QED) is 0.114. The van der Waals surface area contributed by atoms with Gasteiger partial charge in [-0.3, -0.25) is 0 Å². The van der Waals surface area contributed by atoms with E-state index >= 15 is 0 Å². The van der Waals surface area contributed by atoms with Gasteiger partial charge in [0.05, 0.1) is 12.2 Å². The molecule has 5 heteroatoms. The SMILES string of the molecule is CCCCCCCCCCCCCCCCCCCNc1ccc(C(=O)OCC(O)CO)cc1. The van der Waals surface area contributed by atoms with Gasteiger partial charge < -0.3 is 20.3 Å². The second kappa shape index (κ2) is 21.9. The van der Waals surface area contributed by atoms with Gasteiger partial charge in [0.2, 0.25) is 0 Å². The maximum absolute atomic E-state index is 11.9. The molecule has 5 nitrogen and oxygen atoms in total. The van der Waals surface area contributed by atoms with Gasteiger partial charge in [-0.05, 0) is 30.7 Å². The first-order valence-electron chi connectivity index (χ1n) is 14.0. The molecular weight excluding hydrogens is 426 g/mol. The minimum Gasteiger partial charge on any atom is -0.459 e. The van der Waals surface area contributed by atoms with Crippen molar-refractivity contribution in [3.63, 3.8) is 0 Å². The van der Waals surface area contributed by atoms with Gasteiger partial charge in [-0.25, -0.2) is 4.79 Å². The number of esters is 1. The van der Waals surface area contributed by atoms with Crippen LogP contribution in [0.5, 0.6) is 0 Å². The van der Waals surface area contributed by atoms with Crippen molar-refractivity contribution >= 4 is 11.7 Å². The van der Waals surface area contributed by atoms with Crippen LogP contribution in [0.15, 0.2) is 24.3 Å². The molecule has 0 spiro atoms. The minimum atomic E-state index is -1.03. The average Bonchev–Trinajstić information content (AvgIpc) is 2.86. The number of unbranched alkanes of at least 4 members (excludes halogenated alkanes) is 16. The van der Waals surface area contributed by atoms with Gasteiger partial charge in [0.25, 0.3) is 0 Å². The monoisotopic (exact) mass is 477 g/mol. The number of anilines is 1. The molecule has 0 heterocycles.